The molecule has 0 unspecified atom stereocenters. The number of rotatable bonds is 14. The van der Waals surface area contributed by atoms with E-state index in [0.717, 1.165) is 18.7 Å². The third-order valence-electron chi connectivity index (χ3n) is 8.28. The molecule has 4 aromatic rings. The third-order valence-corrected chi connectivity index (χ3v) is 15.1. The molecule has 8 rings (SSSR count). The van der Waals surface area contributed by atoms with Crippen molar-refractivity contribution in [2.75, 3.05) is 23.0 Å². The molecule has 4 aliphatic rings. The number of aliphatic carboxylic acids is 2. The summed E-state index contributed by atoms with van der Waals surface area (Å²) in [4.78, 5) is 75.6. The maximum atomic E-state index is 12.6. The Kier molecular flexibility index (Phi) is 14.8. The summed E-state index contributed by atoms with van der Waals surface area (Å²) < 4.78 is 3.96. The van der Waals surface area contributed by atoms with Crippen molar-refractivity contribution in [2.24, 2.45) is 0 Å². The summed E-state index contributed by atoms with van der Waals surface area (Å²) in [5, 5.41) is 62.3. The number of hydrogen-bond acceptors (Lipinski definition) is 22. The standard InChI is InChI=1S/2C14H14N8O4S3.Na.H/c2*1-6-17-18-14(29-6)28-4-7-3-27-12-9(11(24)22(12)10(7)13(25)26)16-8(23)2-21-5-15-19-20-21;;/h2*5,9,12H,2-4H2,1H3,(H,16,23)(H,25,26);;/t2*9-,12-;;/m11../s1. The van der Waals surface area contributed by atoms with Gasteiger partial charge in [-0.05, 0) is 45.8 Å². The molecule has 0 radical (unpaired) electrons. The molecule has 24 nitrogen and oxygen atoms in total. The number of tetrazole rings is 2. The van der Waals surface area contributed by atoms with Crippen LogP contribution in [-0.4, -0.2) is 192 Å². The number of aryl methyl sites for hydroxylation is 2. The number of nitrogens with zero attached hydrogens (tertiary/aromatic N) is 14. The number of carboxylic acid groups (broad SMARTS) is 2. The Morgan fingerprint density at radius 2 is 1.12 bits per heavy atom. The van der Waals surface area contributed by atoms with Crippen LogP contribution in [0.1, 0.15) is 10.0 Å². The molecule has 4 aliphatic heterocycles. The minimum absolute atomic E-state index is 0. The van der Waals surface area contributed by atoms with E-state index in [2.05, 4.69) is 62.1 Å². The van der Waals surface area contributed by atoms with E-state index in [9.17, 15) is 39.0 Å². The average Bonchev–Trinajstić information content (AvgIpc) is 4.04. The van der Waals surface area contributed by atoms with Crippen molar-refractivity contribution in [1.82, 2.24) is 81.2 Å². The van der Waals surface area contributed by atoms with Crippen LogP contribution >= 0.6 is 69.7 Å². The van der Waals surface area contributed by atoms with Crippen molar-refractivity contribution in [3.8, 4) is 0 Å². The number of amides is 4. The Balaban J connectivity index is 0.000000195. The van der Waals surface area contributed by atoms with Gasteiger partial charge in [0.05, 0.1) is 0 Å². The molecule has 0 bridgehead atoms. The molecular formula is C28H29N16NaO8S6. The Morgan fingerprint density at radius 3 is 1.44 bits per heavy atom. The van der Waals surface area contributed by atoms with Gasteiger partial charge in [0.15, 0.2) is 8.68 Å². The summed E-state index contributed by atoms with van der Waals surface area (Å²) in [6, 6.07) is -1.56. The Hall–Kier alpha value is -4.04. The van der Waals surface area contributed by atoms with Crippen LogP contribution in [-0.2, 0) is 41.9 Å². The number of aromatic nitrogens is 12. The number of fused-ring (bicyclic) bond motifs is 2. The van der Waals surface area contributed by atoms with Gasteiger partial charge >= 0.3 is 41.5 Å². The summed E-state index contributed by atoms with van der Waals surface area (Å²) in [5.74, 6) is -2.38. The van der Waals surface area contributed by atoms with Crippen LogP contribution in [0.25, 0.3) is 0 Å². The molecule has 4 aromatic heterocycles. The molecule has 0 aliphatic carbocycles. The van der Waals surface area contributed by atoms with Crippen LogP contribution < -0.4 is 10.6 Å². The molecule has 0 aromatic carbocycles. The van der Waals surface area contributed by atoms with Crippen LogP contribution in [0.4, 0.5) is 0 Å². The van der Waals surface area contributed by atoms with Crippen LogP contribution in [0, 0.1) is 13.8 Å². The first kappa shape index (κ1) is 44.5. The predicted molar refractivity (Wildman–Crippen MR) is 213 cm³/mol. The first-order valence-corrected chi connectivity index (χ1v) is 22.2. The summed E-state index contributed by atoms with van der Waals surface area (Å²) >= 11 is 8.49. The molecule has 2 fully saturated rings. The molecule has 0 spiro atoms. The van der Waals surface area contributed by atoms with Crippen molar-refractivity contribution in [2.45, 2.75) is 58.4 Å². The normalized spacial score (nSPS) is 20.6. The van der Waals surface area contributed by atoms with Crippen molar-refractivity contribution >= 4 is 135 Å². The van der Waals surface area contributed by atoms with E-state index in [4.69, 9.17) is 0 Å². The van der Waals surface area contributed by atoms with Gasteiger partial charge in [-0.25, -0.2) is 19.0 Å². The summed E-state index contributed by atoms with van der Waals surface area (Å²) in [7, 11) is 0. The van der Waals surface area contributed by atoms with Crippen LogP contribution in [0.3, 0.4) is 0 Å². The van der Waals surface area contributed by atoms with E-state index < -0.39 is 58.4 Å². The summed E-state index contributed by atoms with van der Waals surface area (Å²) in [6.07, 6.45) is 2.58. The monoisotopic (exact) mass is 932 g/mol. The number of thioether (sulfide) groups is 4. The number of carbonyl (C=O) groups is 6. The number of carboxylic acids is 2. The number of β-lactam (4-membered cyclic amide) rings is 2. The molecule has 59 heavy (non-hydrogen) atoms. The Morgan fingerprint density at radius 1 is 0.712 bits per heavy atom. The van der Waals surface area contributed by atoms with Gasteiger partial charge in [0.2, 0.25) is 11.8 Å². The van der Waals surface area contributed by atoms with E-state index in [0.29, 0.717) is 34.2 Å². The molecule has 8 heterocycles. The molecule has 4 atom stereocenters. The van der Waals surface area contributed by atoms with Gasteiger partial charge in [-0.3, -0.25) is 29.0 Å². The zero-order chi connectivity index (χ0) is 41.1. The van der Waals surface area contributed by atoms with Gasteiger partial charge in [-0.1, -0.05) is 46.2 Å². The molecule has 306 valence electrons. The van der Waals surface area contributed by atoms with Gasteiger partial charge < -0.3 is 20.8 Å². The summed E-state index contributed by atoms with van der Waals surface area (Å²) in [6.45, 7) is 3.44. The van der Waals surface area contributed by atoms with Crippen LogP contribution in [0.5, 0.6) is 0 Å². The fourth-order valence-electron chi connectivity index (χ4n) is 5.80. The third kappa shape index (κ3) is 10.1. The number of carbonyl (C=O) groups excluding carboxylic acids is 4. The molecule has 0 saturated carbocycles. The molecule has 4 amide bonds. The van der Waals surface area contributed by atoms with E-state index in [1.165, 1.54) is 102 Å². The SMILES string of the molecule is Cc1nnc(SCC2=C(C(=O)O)N3C(=O)[C@@H](NC(=O)Cn4cnnn4)[C@H]3SC2)s1.Cc1nnc(SCC2=C(C(=O)O)N3C(=O)[C@@H](NC(=O)Cn4cnnn4)[C@H]3SC2)s1.[NaH]. The topological polar surface area (TPSA) is 312 Å². The quantitative estimate of drug-likeness (QED) is 0.0608. The second kappa shape index (κ2) is 19.6. The van der Waals surface area contributed by atoms with Crippen LogP contribution in [0.15, 0.2) is 43.9 Å². The Labute approximate surface area is 378 Å². The fourth-order valence-corrected chi connectivity index (χ4v) is 12.4. The second-order valence-corrected chi connectivity index (χ2v) is 19.2. The van der Waals surface area contributed by atoms with Gasteiger partial charge in [0.1, 0.15) is 70.0 Å². The van der Waals surface area contributed by atoms with Crippen molar-refractivity contribution in [3.05, 3.63) is 45.2 Å². The minimum atomic E-state index is -1.16. The van der Waals surface area contributed by atoms with Crippen molar-refractivity contribution < 1.29 is 39.0 Å². The molecular weight excluding hydrogens is 904 g/mol. The molecule has 31 heteroatoms. The molecule has 4 N–H and O–H groups in total. The van der Waals surface area contributed by atoms with Crippen LogP contribution in [0.2, 0.25) is 0 Å². The average molecular weight is 933 g/mol. The summed E-state index contributed by atoms with van der Waals surface area (Å²) in [5.41, 5.74) is 1.25. The maximum absolute atomic E-state index is 12.6. The van der Waals surface area contributed by atoms with Crippen molar-refractivity contribution in [1.29, 1.82) is 0 Å². The van der Waals surface area contributed by atoms with E-state index in [-0.39, 0.29) is 54.0 Å². The fraction of sp³-hybridized carbons (Fsp3) is 0.429. The second-order valence-electron chi connectivity index (χ2n) is 12.2. The van der Waals surface area contributed by atoms with Gasteiger partial charge in [0, 0.05) is 23.0 Å². The van der Waals surface area contributed by atoms with E-state index in [1.54, 1.807) is 0 Å². The zero-order valence-corrected chi connectivity index (χ0v) is 34.7. The first-order valence-electron chi connectivity index (χ1n) is 16.5. The van der Waals surface area contributed by atoms with E-state index in [1.807, 2.05) is 13.8 Å². The van der Waals surface area contributed by atoms with Gasteiger partial charge in [-0.15, -0.1) is 54.1 Å². The van der Waals surface area contributed by atoms with Gasteiger partial charge in [-0.2, -0.15) is 0 Å². The first-order chi connectivity index (χ1) is 27.9. The predicted octanol–water partition coefficient (Wildman–Crippen LogP) is -1.92. The number of hydrogen-bond donors (Lipinski definition) is 4. The molecule has 2 saturated heterocycles. The van der Waals surface area contributed by atoms with E-state index >= 15 is 0 Å². The number of nitrogens with one attached hydrogen (secondary N) is 2. The zero-order valence-electron chi connectivity index (χ0n) is 29.8. The van der Waals surface area contributed by atoms with Gasteiger partial charge in [0.25, 0.3) is 11.8 Å². The Bertz CT molecular complexity index is 2150. The van der Waals surface area contributed by atoms with Crippen molar-refractivity contribution in [3.63, 3.8) is 0 Å².